The van der Waals surface area contributed by atoms with Crippen LogP contribution >= 0.6 is 0 Å². The predicted octanol–water partition coefficient (Wildman–Crippen LogP) is 2.16. The summed E-state index contributed by atoms with van der Waals surface area (Å²) < 4.78 is 13.0. The first-order valence-corrected chi connectivity index (χ1v) is 9.14. The molecule has 0 saturated carbocycles. The van der Waals surface area contributed by atoms with Crippen molar-refractivity contribution >= 4 is 11.8 Å². The largest absolute Gasteiger partial charge is 0.335 e. The highest BCUT2D eigenvalue weighted by molar-refractivity contribution is 5.96. The molecule has 0 spiro atoms. The van der Waals surface area contributed by atoms with Crippen molar-refractivity contribution in [3.05, 3.63) is 78.1 Å². The second kappa shape index (κ2) is 8.14. The molecule has 0 N–H and O–H groups in total. The van der Waals surface area contributed by atoms with Crippen molar-refractivity contribution in [1.82, 2.24) is 24.8 Å². The molecule has 1 aliphatic heterocycles. The third-order valence-electron chi connectivity index (χ3n) is 4.71. The van der Waals surface area contributed by atoms with Gasteiger partial charge in [-0.3, -0.25) is 14.6 Å². The van der Waals surface area contributed by atoms with E-state index < -0.39 is 0 Å². The van der Waals surface area contributed by atoms with Crippen LogP contribution < -0.4 is 0 Å². The third-order valence-corrected chi connectivity index (χ3v) is 4.71. The molecule has 1 aromatic carbocycles. The Labute approximate surface area is 166 Å². The van der Waals surface area contributed by atoms with E-state index in [1.165, 1.54) is 29.4 Å². The number of halogens is 1. The molecule has 0 bridgehead atoms. The molecule has 1 saturated heterocycles. The Morgan fingerprint density at radius 3 is 2.45 bits per heavy atom. The number of nitrogens with zero attached hydrogens (tertiary/aromatic N) is 5. The van der Waals surface area contributed by atoms with Crippen molar-refractivity contribution in [3.63, 3.8) is 0 Å². The number of hydrogen-bond acceptors (Lipinski definition) is 5. The zero-order valence-corrected chi connectivity index (χ0v) is 15.5. The fourth-order valence-corrected chi connectivity index (χ4v) is 3.12. The number of carbonyl (C=O) groups excluding carboxylic acids is 2. The number of hydrogen-bond donors (Lipinski definition) is 0. The van der Waals surface area contributed by atoms with Gasteiger partial charge in [0, 0.05) is 50.0 Å². The van der Waals surface area contributed by atoms with E-state index >= 15 is 0 Å². The molecule has 146 valence electrons. The molecule has 3 aromatic rings. The monoisotopic (exact) mass is 391 g/mol. The molecular formula is C21H18FN5O2. The first-order chi connectivity index (χ1) is 14.1. The van der Waals surface area contributed by atoms with E-state index in [4.69, 9.17) is 0 Å². The minimum Gasteiger partial charge on any atom is -0.335 e. The van der Waals surface area contributed by atoms with Gasteiger partial charge in [-0.1, -0.05) is 12.1 Å². The smallest absolute Gasteiger partial charge is 0.257 e. The Hall–Kier alpha value is -3.68. The predicted molar refractivity (Wildman–Crippen MR) is 103 cm³/mol. The number of benzene rings is 1. The second-order valence-corrected chi connectivity index (χ2v) is 6.71. The van der Waals surface area contributed by atoms with E-state index in [2.05, 4.69) is 15.0 Å². The summed E-state index contributed by atoms with van der Waals surface area (Å²) in [6.07, 6.45) is 6.24. The number of piperazine rings is 1. The van der Waals surface area contributed by atoms with E-state index in [0.29, 0.717) is 31.0 Å². The van der Waals surface area contributed by atoms with Gasteiger partial charge in [0.1, 0.15) is 12.4 Å². The molecule has 0 radical (unpaired) electrons. The van der Waals surface area contributed by atoms with Gasteiger partial charge in [-0.2, -0.15) is 0 Å². The minimum absolute atomic E-state index is 0.00954. The average molecular weight is 391 g/mol. The Morgan fingerprint density at radius 2 is 1.79 bits per heavy atom. The molecule has 7 nitrogen and oxygen atoms in total. The molecule has 2 aromatic heterocycles. The summed E-state index contributed by atoms with van der Waals surface area (Å²) in [5, 5.41) is 0. The topological polar surface area (TPSA) is 79.3 Å². The Kier molecular flexibility index (Phi) is 5.24. The number of pyridine rings is 1. The first kappa shape index (κ1) is 18.7. The average Bonchev–Trinajstić information content (AvgIpc) is 2.77. The van der Waals surface area contributed by atoms with Crippen molar-refractivity contribution < 1.29 is 14.0 Å². The third kappa shape index (κ3) is 4.26. The Morgan fingerprint density at radius 1 is 1.03 bits per heavy atom. The van der Waals surface area contributed by atoms with Crippen LogP contribution in [-0.2, 0) is 11.3 Å². The number of rotatable bonds is 4. The molecule has 0 unspecified atom stereocenters. The summed E-state index contributed by atoms with van der Waals surface area (Å²) in [6, 6.07) is 9.67. The molecular weight excluding hydrogens is 373 g/mol. The lowest BCUT2D eigenvalue weighted by Crippen LogP contribution is -2.51. The lowest BCUT2D eigenvalue weighted by molar-refractivity contribution is -0.135. The highest BCUT2D eigenvalue weighted by Crippen LogP contribution is 2.15. The Bertz CT molecular complexity index is 1010. The lowest BCUT2D eigenvalue weighted by atomic mass is 10.2. The molecule has 29 heavy (non-hydrogen) atoms. The number of amides is 2. The molecule has 1 fully saturated rings. The normalized spacial score (nSPS) is 14.2. The van der Waals surface area contributed by atoms with Crippen LogP contribution in [0, 0.1) is 5.82 Å². The summed E-state index contributed by atoms with van der Waals surface area (Å²) in [5.74, 6) is -0.263. The van der Waals surface area contributed by atoms with Crippen LogP contribution in [0.15, 0.2) is 61.2 Å². The van der Waals surface area contributed by atoms with Gasteiger partial charge in [0.2, 0.25) is 5.91 Å². The maximum Gasteiger partial charge on any atom is 0.257 e. The van der Waals surface area contributed by atoms with Crippen LogP contribution in [0.4, 0.5) is 4.39 Å². The molecule has 2 amide bonds. The zero-order chi connectivity index (χ0) is 20.2. The van der Waals surface area contributed by atoms with Gasteiger partial charge >= 0.3 is 0 Å². The van der Waals surface area contributed by atoms with Crippen LogP contribution in [0.5, 0.6) is 0 Å². The molecule has 1 aliphatic rings. The summed E-state index contributed by atoms with van der Waals surface area (Å²) in [6.45, 7) is 1.21. The molecule has 4 rings (SSSR count). The first-order valence-electron chi connectivity index (χ1n) is 9.14. The van der Waals surface area contributed by atoms with Crippen molar-refractivity contribution in [2.24, 2.45) is 0 Å². The van der Waals surface area contributed by atoms with E-state index in [1.807, 2.05) is 6.07 Å². The van der Waals surface area contributed by atoms with E-state index in [9.17, 15) is 14.0 Å². The molecule has 0 atom stereocenters. The summed E-state index contributed by atoms with van der Waals surface area (Å²) in [7, 11) is 0. The fraction of sp³-hybridized carbons (Fsp3) is 0.190. The molecule has 0 aliphatic carbocycles. The van der Waals surface area contributed by atoms with Crippen molar-refractivity contribution in [1.29, 1.82) is 0 Å². The standard InChI is InChI=1S/C21H18FN5O2/c22-18-5-3-15(4-6-18)13-26-8-9-27(14-19(26)28)21(29)17-11-24-20(25-12-17)16-2-1-7-23-10-16/h1-7,10-12H,8-9,13-14H2. The minimum atomic E-state index is -0.313. The zero-order valence-electron chi connectivity index (χ0n) is 15.5. The van der Waals surface area contributed by atoms with Crippen LogP contribution in [0.25, 0.3) is 11.4 Å². The maximum absolute atomic E-state index is 13.0. The summed E-state index contributed by atoms with van der Waals surface area (Å²) in [5.41, 5.74) is 1.94. The summed E-state index contributed by atoms with van der Waals surface area (Å²) in [4.78, 5) is 40.8. The van der Waals surface area contributed by atoms with E-state index in [-0.39, 0.29) is 24.2 Å². The van der Waals surface area contributed by atoms with Crippen molar-refractivity contribution in [3.8, 4) is 11.4 Å². The highest BCUT2D eigenvalue weighted by atomic mass is 19.1. The van der Waals surface area contributed by atoms with Gasteiger partial charge in [0.15, 0.2) is 5.82 Å². The maximum atomic E-state index is 13.0. The highest BCUT2D eigenvalue weighted by Gasteiger charge is 2.28. The van der Waals surface area contributed by atoms with Gasteiger partial charge in [-0.25, -0.2) is 14.4 Å². The number of aromatic nitrogens is 3. The molecule has 3 heterocycles. The van der Waals surface area contributed by atoms with Gasteiger partial charge in [-0.15, -0.1) is 0 Å². The van der Waals surface area contributed by atoms with Gasteiger partial charge in [0.05, 0.1) is 5.56 Å². The van der Waals surface area contributed by atoms with Crippen molar-refractivity contribution in [2.75, 3.05) is 19.6 Å². The van der Waals surface area contributed by atoms with Crippen LogP contribution in [-0.4, -0.2) is 56.2 Å². The Balaban J connectivity index is 1.39. The van der Waals surface area contributed by atoms with E-state index in [0.717, 1.165) is 11.1 Å². The fourth-order valence-electron chi connectivity index (χ4n) is 3.12. The molecule has 8 heteroatoms. The quantitative estimate of drug-likeness (QED) is 0.681. The van der Waals surface area contributed by atoms with Crippen LogP contribution in [0.2, 0.25) is 0 Å². The van der Waals surface area contributed by atoms with Crippen molar-refractivity contribution in [2.45, 2.75) is 6.54 Å². The van der Waals surface area contributed by atoms with Crippen LogP contribution in [0.1, 0.15) is 15.9 Å². The lowest BCUT2D eigenvalue weighted by Gasteiger charge is -2.34. The van der Waals surface area contributed by atoms with Gasteiger partial charge in [0.25, 0.3) is 5.91 Å². The summed E-state index contributed by atoms with van der Waals surface area (Å²) >= 11 is 0. The SMILES string of the molecule is O=C1CN(C(=O)c2cnc(-c3cccnc3)nc2)CCN1Cc1ccc(F)cc1. The van der Waals surface area contributed by atoms with Gasteiger partial charge < -0.3 is 9.80 Å². The van der Waals surface area contributed by atoms with Gasteiger partial charge in [-0.05, 0) is 29.8 Å². The second-order valence-electron chi connectivity index (χ2n) is 6.71. The number of carbonyl (C=O) groups is 2. The van der Waals surface area contributed by atoms with E-state index in [1.54, 1.807) is 35.5 Å². The van der Waals surface area contributed by atoms with Crippen LogP contribution in [0.3, 0.4) is 0 Å².